The first-order valence-electron chi connectivity index (χ1n) is 9.13. The van der Waals surface area contributed by atoms with Crippen molar-refractivity contribution in [2.45, 2.75) is 32.2 Å². The molecule has 0 unspecified atom stereocenters. The highest BCUT2D eigenvalue weighted by atomic mass is 16.2. The Balaban J connectivity index is 1.46. The van der Waals surface area contributed by atoms with Gasteiger partial charge in [0.2, 0.25) is 5.91 Å². The van der Waals surface area contributed by atoms with Crippen LogP contribution in [0, 0.1) is 17.8 Å². The van der Waals surface area contributed by atoms with Gasteiger partial charge in [-0.1, -0.05) is 13.8 Å². The van der Waals surface area contributed by atoms with Crippen molar-refractivity contribution >= 4 is 11.7 Å². The summed E-state index contributed by atoms with van der Waals surface area (Å²) < 4.78 is 0. The number of aromatic nitrogens is 2. The average molecular weight is 329 g/mol. The molecule has 2 atom stereocenters. The second-order valence-corrected chi connectivity index (χ2v) is 8.02. The Morgan fingerprint density at radius 1 is 1.29 bits per heavy atom. The minimum Gasteiger partial charge on any atom is -0.355 e. The van der Waals surface area contributed by atoms with Gasteiger partial charge < -0.3 is 15.1 Å². The van der Waals surface area contributed by atoms with E-state index in [9.17, 15) is 4.79 Å². The van der Waals surface area contributed by atoms with Crippen LogP contribution in [0.1, 0.15) is 26.7 Å². The van der Waals surface area contributed by atoms with Crippen LogP contribution in [-0.2, 0) is 4.79 Å². The van der Waals surface area contributed by atoms with Crippen LogP contribution in [0.2, 0.25) is 0 Å². The molecular weight excluding hydrogens is 302 g/mol. The van der Waals surface area contributed by atoms with Gasteiger partial charge in [-0.25, -0.2) is 4.98 Å². The molecule has 1 aromatic rings. The van der Waals surface area contributed by atoms with E-state index in [-0.39, 0.29) is 17.4 Å². The highest BCUT2D eigenvalue weighted by molar-refractivity contribution is 5.83. The molecule has 1 spiro atoms. The molecule has 6 nitrogen and oxygen atoms in total. The zero-order chi connectivity index (χ0) is 16.7. The Morgan fingerprint density at radius 2 is 2.08 bits per heavy atom. The molecule has 6 heteroatoms. The van der Waals surface area contributed by atoms with Crippen molar-refractivity contribution in [3.8, 4) is 0 Å². The van der Waals surface area contributed by atoms with Crippen LogP contribution in [0.3, 0.4) is 0 Å². The van der Waals surface area contributed by atoms with Crippen LogP contribution in [0.5, 0.6) is 0 Å². The number of likely N-dealkylation sites (tertiary alicyclic amines) is 1. The topological polar surface area (TPSA) is 61.4 Å². The molecule has 0 aromatic carbocycles. The molecular formula is C18H27N5O. The van der Waals surface area contributed by atoms with Gasteiger partial charge in [0, 0.05) is 56.6 Å². The molecule has 4 rings (SSSR count). The summed E-state index contributed by atoms with van der Waals surface area (Å²) in [6, 6.07) is 0. The van der Waals surface area contributed by atoms with E-state index in [1.165, 1.54) is 0 Å². The molecule has 3 aliphatic rings. The molecule has 1 amide bonds. The van der Waals surface area contributed by atoms with Gasteiger partial charge in [-0.2, -0.15) is 0 Å². The molecule has 1 aromatic heterocycles. The summed E-state index contributed by atoms with van der Waals surface area (Å²) in [6.45, 7) is 9.48. The summed E-state index contributed by atoms with van der Waals surface area (Å²) in [6.07, 6.45) is 7.29. The number of carbonyl (C=O) groups is 1. The first-order valence-corrected chi connectivity index (χ1v) is 9.13. The van der Waals surface area contributed by atoms with Gasteiger partial charge in [-0.15, -0.1) is 0 Å². The maximum absolute atomic E-state index is 12.5. The summed E-state index contributed by atoms with van der Waals surface area (Å²) in [5.74, 6) is 2.53. The molecule has 24 heavy (non-hydrogen) atoms. The average Bonchev–Trinajstić information content (AvgIpc) is 3.09. The van der Waals surface area contributed by atoms with E-state index < -0.39 is 0 Å². The van der Waals surface area contributed by atoms with E-state index in [1.54, 1.807) is 12.4 Å². The predicted octanol–water partition coefficient (Wildman–Crippen LogP) is 1.15. The first-order chi connectivity index (χ1) is 11.6. The lowest BCUT2D eigenvalue weighted by atomic mass is 9.75. The van der Waals surface area contributed by atoms with E-state index >= 15 is 0 Å². The summed E-state index contributed by atoms with van der Waals surface area (Å²) in [4.78, 5) is 25.9. The van der Waals surface area contributed by atoms with Gasteiger partial charge in [0.25, 0.3) is 0 Å². The fraction of sp³-hybridized carbons (Fsp3) is 0.722. The van der Waals surface area contributed by atoms with Crippen molar-refractivity contribution < 1.29 is 4.79 Å². The van der Waals surface area contributed by atoms with E-state index in [1.807, 2.05) is 6.20 Å². The number of hydrogen-bond acceptors (Lipinski definition) is 5. The van der Waals surface area contributed by atoms with Gasteiger partial charge >= 0.3 is 0 Å². The summed E-state index contributed by atoms with van der Waals surface area (Å²) in [5.41, 5.74) is -0.00775. The lowest BCUT2D eigenvalue weighted by Gasteiger charge is -2.43. The maximum atomic E-state index is 12.5. The third-order valence-electron chi connectivity index (χ3n) is 5.97. The number of hydrogen-bond donors (Lipinski definition) is 1. The van der Waals surface area contributed by atoms with Crippen LogP contribution in [0.4, 0.5) is 5.82 Å². The molecule has 3 saturated heterocycles. The molecule has 3 aliphatic heterocycles. The van der Waals surface area contributed by atoms with Gasteiger partial charge in [-0.3, -0.25) is 9.78 Å². The van der Waals surface area contributed by atoms with Crippen molar-refractivity contribution in [2.24, 2.45) is 17.8 Å². The number of fused-ring (bicyclic) bond motifs is 2. The molecule has 0 aliphatic carbocycles. The third kappa shape index (κ3) is 2.66. The molecule has 0 bridgehead atoms. The maximum Gasteiger partial charge on any atom is 0.225 e. The lowest BCUT2D eigenvalue weighted by Crippen LogP contribution is -2.55. The Kier molecular flexibility index (Phi) is 3.95. The van der Waals surface area contributed by atoms with Crippen molar-refractivity contribution in [3.05, 3.63) is 18.6 Å². The minimum absolute atomic E-state index is 0.00775. The van der Waals surface area contributed by atoms with Crippen molar-refractivity contribution in [3.63, 3.8) is 0 Å². The van der Waals surface area contributed by atoms with E-state index in [4.69, 9.17) is 0 Å². The van der Waals surface area contributed by atoms with Crippen molar-refractivity contribution in [1.82, 2.24) is 20.2 Å². The Morgan fingerprint density at radius 3 is 2.75 bits per heavy atom. The third-order valence-corrected chi connectivity index (χ3v) is 5.97. The fourth-order valence-electron chi connectivity index (χ4n) is 4.89. The van der Waals surface area contributed by atoms with E-state index in [2.05, 4.69) is 38.9 Å². The Bertz CT molecular complexity index is 597. The highest BCUT2D eigenvalue weighted by Crippen LogP contribution is 2.44. The Labute approximate surface area is 143 Å². The normalized spacial score (nSPS) is 29.3. The highest BCUT2D eigenvalue weighted by Gasteiger charge is 2.57. The van der Waals surface area contributed by atoms with Crippen LogP contribution >= 0.6 is 0 Å². The van der Waals surface area contributed by atoms with Crippen molar-refractivity contribution in [1.29, 1.82) is 0 Å². The molecule has 4 heterocycles. The molecule has 1 N–H and O–H groups in total. The van der Waals surface area contributed by atoms with Gasteiger partial charge in [0.05, 0.1) is 12.1 Å². The minimum atomic E-state index is -0.00775. The molecule has 0 saturated carbocycles. The fourth-order valence-corrected chi connectivity index (χ4v) is 4.89. The summed E-state index contributed by atoms with van der Waals surface area (Å²) >= 11 is 0. The standard InChI is InChI=1S/C18H27N5O/c1-13(2)10-22-11-14-15(12-22)18(21-17(14)24)3-7-23(8-4-18)16-9-19-5-6-20-16/h5-6,9,13-15H,3-4,7-8,10-12H2,1-2H3,(H,21,24)/t14-,15-/m1/s1. The zero-order valence-corrected chi connectivity index (χ0v) is 14.6. The molecule has 130 valence electrons. The quantitative estimate of drug-likeness (QED) is 0.901. The monoisotopic (exact) mass is 329 g/mol. The number of piperidine rings is 1. The molecule has 0 radical (unpaired) electrons. The smallest absolute Gasteiger partial charge is 0.225 e. The largest absolute Gasteiger partial charge is 0.355 e. The van der Waals surface area contributed by atoms with Crippen LogP contribution in [0.15, 0.2) is 18.6 Å². The Hall–Kier alpha value is -1.69. The summed E-state index contributed by atoms with van der Waals surface area (Å²) in [7, 11) is 0. The van der Waals surface area contributed by atoms with Crippen LogP contribution < -0.4 is 10.2 Å². The first kappa shape index (κ1) is 15.8. The zero-order valence-electron chi connectivity index (χ0n) is 14.6. The predicted molar refractivity (Wildman–Crippen MR) is 92.6 cm³/mol. The number of amides is 1. The van der Waals surface area contributed by atoms with E-state index in [0.29, 0.717) is 11.8 Å². The SMILES string of the molecule is CC(C)CN1C[C@@H]2[C@@H](C1)C(=O)NC21CCN(c2cnccn2)CC1. The number of rotatable bonds is 3. The van der Waals surface area contributed by atoms with Crippen LogP contribution in [-0.4, -0.2) is 59.0 Å². The second-order valence-electron chi connectivity index (χ2n) is 8.02. The number of nitrogens with zero attached hydrogens (tertiary/aromatic N) is 4. The number of nitrogens with one attached hydrogen (secondary N) is 1. The van der Waals surface area contributed by atoms with Crippen molar-refractivity contribution in [2.75, 3.05) is 37.6 Å². The second kappa shape index (κ2) is 5.99. The number of carbonyl (C=O) groups excluding carboxylic acids is 1. The van der Waals surface area contributed by atoms with Gasteiger partial charge in [-0.05, 0) is 18.8 Å². The molecule has 3 fully saturated rings. The van der Waals surface area contributed by atoms with E-state index in [0.717, 1.165) is 51.4 Å². The lowest BCUT2D eigenvalue weighted by molar-refractivity contribution is -0.123. The van der Waals surface area contributed by atoms with Gasteiger partial charge in [0.15, 0.2) is 0 Å². The van der Waals surface area contributed by atoms with Crippen LogP contribution in [0.25, 0.3) is 0 Å². The summed E-state index contributed by atoms with van der Waals surface area (Å²) in [5, 5.41) is 3.39. The number of anilines is 1. The van der Waals surface area contributed by atoms with Gasteiger partial charge in [0.1, 0.15) is 5.82 Å².